The van der Waals surface area contributed by atoms with Crippen molar-refractivity contribution in [3.8, 4) is 11.1 Å². The number of carbonyl (C=O) groups excluding carboxylic acids is 2. The van der Waals surface area contributed by atoms with E-state index < -0.39 is 0 Å². The molecule has 0 spiro atoms. The van der Waals surface area contributed by atoms with Gasteiger partial charge in [0.25, 0.3) is 0 Å². The molecule has 35 heavy (non-hydrogen) atoms. The summed E-state index contributed by atoms with van der Waals surface area (Å²) in [5.41, 5.74) is 4.84. The van der Waals surface area contributed by atoms with Crippen LogP contribution in [0.1, 0.15) is 11.1 Å². The van der Waals surface area contributed by atoms with Crippen molar-refractivity contribution in [2.45, 2.75) is 13.0 Å². The molecule has 4 rings (SSSR count). The van der Waals surface area contributed by atoms with Crippen LogP contribution in [0.5, 0.6) is 0 Å². The first-order valence-corrected chi connectivity index (χ1v) is 11.4. The fraction of sp³-hybridized carbons (Fsp3) is 0.179. The first-order chi connectivity index (χ1) is 17.0. The van der Waals surface area contributed by atoms with Gasteiger partial charge >= 0.3 is 5.97 Å². The lowest BCUT2D eigenvalue weighted by molar-refractivity contribution is -0.144. The molecule has 7 nitrogen and oxygen atoms in total. The Morgan fingerprint density at radius 1 is 1.03 bits per heavy atom. The van der Waals surface area contributed by atoms with E-state index in [-0.39, 0.29) is 24.9 Å². The minimum Gasteiger partial charge on any atom is -0.461 e. The zero-order chi connectivity index (χ0) is 24.6. The van der Waals surface area contributed by atoms with E-state index in [4.69, 9.17) is 4.74 Å². The lowest BCUT2D eigenvalue weighted by Crippen LogP contribution is -2.13. The van der Waals surface area contributed by atoms with Gasteiger partial charge in [0.05, 0.1) is 6.42 Å². The van der Waals surface area contributed by atoms with Crippen LogP contribution in [0.3, 0.4) is 0 Å². The van der Waals surface area contributed by atoms with Gasteiger partial charge in [-0.2, -0.15) is 0 Å². The normalized spacial score (nSPS) is 11.3. The van der Waals surface area contributed by atoms with Crippen molar-refractivity contribution in [1.29, 1.82) is 0 Å². The second-order valence-electron chi connectivity index (χ2n) is 8.46. The van der Waals surface area contributed by atoms with Gasteiger partial charge in [0, 0.05) is 47.2 Å². The number of likely N-dealkylation sites (N-methyl/N-ethyl adjacent to an activating group) is 1. The number of nitrogens with zero attached hydrogens (tertiary/aromatic N) is 2. The fourth-order valence-electron chi connectivity index (χ4n) is 3.69. The number of anilines is 1. The summed E-state index contributed by atoms with van der Waals surface area (Å²) in [6.45, 7) is 0.917. The molecule has 0 aliphatic rings. The summed E-state index contributed by atoms with van der Waals surface area (Å²) in [6.07, 6.45) is 7.01. The highest BCUT2D eigenvalue weighted by atomic mass is 16.5. The van der Waals surface area contributed by atoms with E-state index in [1.807, 2.05) is 91.9 Å². The van der Waals surface area contributed by atoms with Crippen molar-refractivity contribution in [1.82, 2.24) is 14.9 Å². The number of para-hydroxylation sites is 1. The topological polar surface area (TPSA) is 87.3 Å². The average molecular weight is 469 g/mol. The molecule has 0 saturated carbocycles. The molecule has 0 bridgehead atoms. The van der Waals surface area contributed by atoms with E-state index in [1.165, 1.54) is 6.08 Å². The van der Waals surface area contributed by atoms with Crippen LogP contribution < -0.4 is 5.32 Å². The number of aromatic amines is 1. The Bertz CT molecular complexity index is 1340. The number of hydrogen-bond acceptors (Lipinski definition) is 5. The zero-order valence-corrected chi connectivity index (χ0v) is 19.8. The van der Waals surface area contributed by atoms with Crippen molar-refractivity contribution in [2.75, 3.05) is 26.0 Å². The second kappa shape index (κ2) is 11.3. The van der Waals surface area contributed by atoms with Gasteiger partial charge in [-0.15, -0.1) is 0 Å². The number of benzene rings is 2. The van der Waals surface area contributed by atoms with E-state index in [1.54, 1.807) is 6.20 Å². The van der Waals surface area contributed by atoms with Gasteiger partial charge in [-0.3, -0.25) is 9.59 Å². The molecule has 0 saturated heterocycles. The van der Waals surface area contributed by atoms with E-state index >= 15 is 0 Å². The standard InChI is InChI=1S/C28H28N4O3/c1-32(2)14-8-13-26(33)31-25-12-7-6-11-22(25)24-18-30-28-23(24)15-21(17-29-28)16-27(34)35-19-20-9-4-3-5-10-20/h3-13,15,17-18H,14,16,19H2,1-2H3,(H,29,30)(H,31,33)/b13-8+. The zero-order valence-electron chi connectivity index (χ0n) is 19.8. The summed E-state index contributed by atoms with van der Waals surface area (Å²) in [5, 5.41) is 3.83. The van der Waals surface area contributed by atoms with Crippen molar-refractivity contribution in [3.05, 3.63) is 96.3 Å². The molecule has 7 heteroatoms. The number of hydrogen-bond donors (Lipinski definition) is 2. The maximum atomic E-state index is 12.4. The van der Waals surface area contributed by atoms with Crippen LogP contribution in [0, 0.1) is 0 Å². The molecule has 4 aromatic rings. The number of amides is 1. The summed E-state index contributed by atoms with van der Waals surface area (Å²) in [5.74, 6) is -0.511. The third kappa shape index (κ3) is 6.43. The van der Waals surface area contributed by atoms with Gasteiger partial charge in [-0.25, -0.2) is 4.98 Å². The lowest BCUT2D eigenvalue weighted by atomic mass is 10.0. The minimum atomic E-state index is -0.315. The highest BCUT2D eigenvalue weighted by Gasteiger charge is 2.14. The Morgan fingerprint density at radius 2 is 1.80 bits per heavy atom. The maximum Gasteiger partial charge on any atom is 0.310 e. The van der Waals surface area contributed by atoms with Crippen molar-refractivity contribution in [2.24, 2.45) is 0 Å². The van der Waals surface area contributed by atoms with Gasteiger partial charge in [0.2, 0.25) is 5.91 Å². The van der Waals surface area contributed by atoms with Gasteiger partial charge < -0.3 is 19.9 Å². The highest BCUT2D eigenvalue weighted by Crippen LogP contribution is 2.33. The van der Waals surface area contributed by atoms with Crippen molar-refractivity contribution >= 4 is 28.6 Å². The number of ether oxygens (including phenoxy) is 1. The second-order valence-corrected chi connectivity index (χ2v) is 8.46. The molecule has 0 unspecified atom stereocenters. The molecule has 0 fully saturated rings. The third-order valence-corrected chi connectivity index (χ3v) is 5.39. The molecule has 2 heterocycles. The first-order valence-electron chi connectivity index (χ1n) is 11.4. The minimum absolute atomic E-state index is 0.120. The van der Waals surface area contributed by atoms with Gasteiger partial charge in [-0.1, -0.05) is 54.6 Å². The van der Waals surface area contributed by atoms with Crippen LogP contribution in [0.4, 0.5) is 5.69 Å². The number of aromatic nitrogens is 2. The molecule has 2 N–H and O–H groups in total. The Balaban J connectivity index is 1.51. The summed E-state index contributed by atoms with van der Waals surface area (Å²) in [7, 11) is 3.89. The molecule has 0 aliphatic heterocycles. The molecule has 2 aromatic carbocycles. The Kier molecular flexibility index (Phi) is 7.70. The average Bonchev–Trinajstić information content (AvgIpc) is 3.26. The number of carbonyl (C=O) groups is 2. The Hall–Kier alpha value is -4.23. The number of esters is 1. The molecule has 0 radical (unpaired) electrons. The first kappa shape index (κ1) is 23.9. The molecular weight excluding hydrogens is 440 g/mol. The van der Waals surface area contributed by atoms with Crippen molar-refractivity contribution in [3.63, 3.8) is 0 Å². The molecule has 1 amide bonds. The van der Waals surface area contributed by atoms with E-state index in [0.29, 0.717) is 17.9 Å². The van der Waals surface area contributed by atoms with Crippen LogP contribution in [0.25, 0.3) is 22.2 Å². The lowest BCUT2D eigenvalue weighted by Gasteiger charge is -2.10. The molecule has 0 atom stereocenters. The van der Waals surface area contributed by atoms with E-state index in [2.05, 4.69) is 15.3 Å². The Labute approximate surface area is 204 Å². The summed E-state index contributed by atoms with van der Waals surface area (Å²) in [4.78, 5) is 34.5. The molecule has 178 valence electrons. The predicted molar refractivity (Wildman–Crippen MR) is 138 cm³/mol. The predicted octanol–water partition coefficient (Wildman–Crippen LogP) is 4.57. The van der Waals surface area contributed by atoms with Crippen LogP contribution in [0.15, 0.2) is 85.2 Å². The van der Waals surface area contributed by atoms with Crippen LogP contribution in [-0.2, 0) is 27.4 Å². The molecule has 0 aliphatic carbocycles. The summed E-state index contributed by atoms with van der Waals surface area (Å²) in [6, 6.07) is 19.1. The van der Waals surface area contributed by atoms with Gasteiger partial charge in [0.15, 0.2) is 0 Å². The highest BCUT2D eigenvalue weighted by molar-refractivity contribution is 6.05. The number of rotatable bonds is 9. The summed E-state index contributed by atoms with van der Waals surface area (Å²) >= 11 is 0. The third-order valence-electron chi connectivity index (χ3n) is 5.39. The number of H-pyrrole nitrogens is 1. The smallest absolute Gasteiger partial charge is 0.310 e. The van der Waals surface area contributed by atoms with Gasteiger partial charge in [-0.05, 0) is 37.4 Å². The summed E-state index contributed by atoms with van der Waals surface area (Å²) < 4.78 is 5.42. The van der Waals surface area contributed by atoms with Gasteiger partial charge in [0.1, 0.15) is 12.3 Å². The SMILES string of the molecule is CN(C)C/C=C/C(=O)Nc1ccccc1-c1c[nH]c2ncc(CC(=O)OCc3ccccc3)cc12. The van der Waals surface area contributed by atoms with E-state index in [0.717, 1.165) is 27.6 Å². The monoisotopic (exact) mass is 468 g/mol. The Morgan fingerprint density at radius 3 is 2.60 bits per heavy atom. The van der Waals surface area contributed by atoms with Crippen molar-refractivity contribution < 1.29 is 14.3 Å². The van der Waals surface area contributed by atoms with Crippen LogP contribution >= 0.6 is 0 Å². The van der Waals surface area contributed by atoms with E-state index in [9.17, 15) is 9.59 Å². The quantitative estimate of drug-likeness (QED) is 0.278. The largest absolute Gasteiger partial charge is 0.461 e. The maximum absolute atomic E-state index is 12.4. The fourth-order valence-corrected chi connectivity index (χ4v) is 3.69. The number of pyridine rings is 1. The van der Waals surface area contributed by atoms with Crippen LogP contribution in [0.2, 0.25) is 0 Å². The molecule has 2 aromatic heterocycles. The molecular formula is C28H28N4O3. The number of fused-ring (bicyclic) bond motifs is 1. The van der Waals surface area contributed by atoms with Crippen LogP contribution in [-0.4, -0.2) is 47.4 Å². The number of nitrogens with one attached hydrogen (secondary N) is 2.